The molecule has 0 unspecified atom stereocenters. The second kappa shape index (κ2) is 3.20. The fourth-order valence-electron chi connectivity index (χ4n) is 0.970. The molecule has 3 heteroatoms. The van der Waals surface area contributed by atoms with Crippen LogP contribution in [0.2, 0.25) is 5.15 Å². The van der Waals surface area contributed by atoms with Crippen LogP contribution in [0.15, 0.2) is 12.3 Å². The lowest BCUT2D eigenvalue weighted by Gasteiger charge is -2.06. The number of aromatic nitrogens is 1. The quantitative estimate of drug-likeness (QED) is 0.657. The van der Waals surface area contributed by atoms with E-state index in [4.69, 9.17) is 11.6 Å². The molecule has 0 saturated heterocycles. The Kier molecular flexibility index (Phi) is 2.47. The molecule has 2 nitrogen and oxygen atoms in total. The third kappa shape index (κ3) is 1.91. The lowest BCUT2D eigenvalue weighted by molar-refractivity contribution is 0.198. The van der Waals surface area contributed by atoms with Crippen LogP contribution >= 0.6 is 11.6 Å². The van der Waals surface area contributed by atoms with E-state index in [-0.39, 0.29) is 0 Å². The molecule has 0 amide bonds. The molecule has 1 atom stereocenters. The van der Waals surface area contributed by atoms with Crippen molar-refractivity contribution in [1.29, 1.82) is 0 Å². The van der Waals surface area contributed by atoms with Gasteiger partial charge in [-0.1, -0.05) is 11.6 Å². The Morgan fingerprint density at radius 2 is 2.27 bits per heavy atom. The van der Waals surface area contributed by atoms with Crippen LogP contribution in [-0.2, 0) is 0 Å². The van der Waals surface area contributed by atoms with E-state index >= 15 is 0 Å². The smallest absolute Gasteiger partial charge is 0.129 e. The van der Waals surface area contributed by atoms with Crippen molar-refractivity contribution in [2.24, 2.45) is 0 Å². The van der Waals surface area contributed by atoms with Gasteiger partial charge < -0.3 is 5.11 Å². The Hall–Kier alpha value is -0.600. The van der Waals surface area contributed by atoms with Crippen molar-refractivity contribution in [3.8, 4) is 0 Å². The molecule has 1 rings (SSSR count). The van der Waals surface area contributed by atoms with Gasteiger partial charge in [-0.2, -0.15) is 0 Å². The van der Waals surface area contributed by atoms with Gasteiger partial charge in [0.2, 0.25) is 0 Å². The Morgan fingerprint density at radius 1 is 1.64 bits per heavy atom. The molecule has 0 aliphatic rings. The topological polar surface area (TPSA) is 33.1 Å². The van der Waals surface area contributed by atoms with E-state index in [9.17, 15) is 5.11 Å². The summed E-state index contributed by atoms with van der Waals surface area (Å²) in [5.41, 5.74) is 1.80. The molecule has 0 bridgehead atoms. The molecule has 11 heavy (non-hydrogen) atoms. The summed E-state index contributed by atoms with van der Waals surface area (Å²) in [5.74, 6) is 0. The molecule has 0 aromatic carbocycles. The van der Waals surface area contributed by atoms with Gasteiger partial charge in [-0.05, 0) is 25.5 Å². The Balaban J connectivity index is 3.09. The highest BCUT2D eigenvalue weighted by atomic mass is 35.5. The van der Waals surface area contributed by atoms with Crippen LogP contribution in [0.25, 0.3) is 0 Å². The van der Waals surface area contributed by atoms with E-state index in [1.165, 1.54) is 0 Å². The third-order valence-corrected chi connectivity index (χ3v) is 1.77. The molecule has 1 aromatic heterocycles. The molecule has 0 aliphatic heterocycles. The number of aliphatic hydroxyl groups is 1. The molecule has 0 aliphatic carbocycles. The summed E-state index contributed by atoms with van der Waals surface area (Å²) in [6.07, 6.45) is 1.13. The van der Waals surface area contributed by atoms with Crippen molar-refractivity contribution >= 4 is 11.6 Å². The zero-order chi connectivity index (χ0) is 8.43. The maximum absolute atomic E-state index is 9.21. The molecule has 0 radical (unpaired) electrons. The van der Waals surface area contributed by atoms with E-state index in [0.29, 0.717) is 5.15 Å². The van der Waals surface area contributed by atoms with Crippen LogP contribution in [-0.4, -0.2) is 10.1 Å². The van der Waals surface area contributed by atoms with E-state index in [1.54, 1.807) is 19.2 Å². The van der Waals surface area contributed by atoms with Gasteiger partial charge in [0.1, 0.15) is 5.15 Å². The monoisotopic (exact) mass is 171 g/mol. The molecule has 0 saturated carbocycles. The fraction of sp³-hybridized carbons (Fsp3) is 0.375. The highest BCUT2D eigenvalue weighted by Gasteiger charge is 2.04. The van der Waals surface area contributed by atoms with E-state index in [1.807, 2.05) is 6.92 Å². The predicted octanol–water partition coefficient (Wildman–Crippen LogP) is 2.10. The van der Waals surface area contributed by atoms with Crippen molar-refractivity contribution in [2.75, 3.05) is 0 Å². The highest BCUT2D eigenvalue weighted by Crippen LogP contribution is 2.17. The van der Waals surface area contributed by atoms with Crippen LogP contribution < -0.4 is 0 Å². The van der Waals surface area contributed by atoms with Crippen LogP contribution in [0.1, 0.15) is 24.2 Å². The van der Waals surface area contributed by atoms with Gasteiger partial charge in [0.15, 0.2) is 0 Å². The molecule has 0 fully saturated rings. The van der Waals surface area contributed by atoms with Gasteiger partial charge in [0, 0.05) is 11.8 Å². The number of hydrogen-bond donors (Lipinski definition) is 1. The third-order valence-electron chi connectivity index (χ3n) is 1.57. The Bertz CT molecular complexity index is 260. The first-order chi connectivity index (χ1) is 5.11. The van der Waals surface area contributed by atoms with Gasteiger partial charge >= 0.3 is 0 Å². The van der Waals surface area contributed by atoms with Crippen molar-refractivity contribution in [3.63, 3.8) is 0 Å². The van der Waals surface area contributed by atoms with Crippen LogP contribution in [0, 0.1) is 6.92 Å². The zero-order valence-corrected chi connectivity index (χ0v) is 7.26. The average Bonchev–Trinajstić information content (AvgIpc) is 1.85. The van der Waals surface area contributed by atoms with Gasteiger partial charge in [0.25, 0.3) is 0 Å². The number of pyridine rings is 1. The maximum Gasteiger partial charge on any atom is 0.129 e. The number of aliphatic hydroxyl groups excluding tert-OH is 1. The minimum absolute atomic E-state index is 0.465. The van der Waals surface area contributed by atoms with Gasteiger partial charge in [-0.25, -0.2) is 4.98 Å². The molecule has 1 heterocycles. The summed E-state index contributed by atoms with van der Waals surface area (Å²) >= 11 is 5.63. The lowest BCUT2D eigenvalue weighted by Crippen LogP contribution is -1.95. The van der Waals surface area contributed by atoms with Crippen molar-refractivity contribution in [2.45, 2.75) is 20.0 Å². The van der Waals surface area contributed by atoms with E-state index < -0.39 is 6.10 Å². The van der Waals surface area contributed by atoms with Gasteiger partial charge in [0.05, 0.1) is 6.10 Å². The van der Waals surface area contributed by atoms with Crippen molar-refractivity contribution in [1.82, 2.24) is 4.98 Å². The van der Waals surface area contributed by atoms with Crippen molar-refractivity contribution < 1.29 is 5.11 Å². The van der Waals surface area contributed by atoms with Crippen LogP contribution in [0.5, 0.6) is 0 Å². The minimum atomic E-state index is -0.472. The first kappa shape index (κ1) is 8.50. The molecule has 60 valence electrons. The second-order valence-corrected chi connectivity index (χ2v) is 2.93. The largest absolute Gasteiger partial charge is 0.389 e. The Morgan fingerprint density at radius 3 is 2.73 bits per heavy atom. The SMILES string of the molecule is Cc1cc(Cl)ncc1[C@H](C)O. The fourth-order valence-corrected chi connectivity index (χ4v) is 1.18. The average molecular weight is 172 g/mol. The van der Waals surface area contributed by atoms with E-state index in [0.717, 1.165) is 11.1 Å². The number of aryl methyl sites for hydroxylation is 1. The summed E-state index contributed by atoms with van der Waals surface area (Å²) in [6.45, 7) is 3.60. The molecule has 0 spiro atoms. The summed E-state index contributed by atoms with van der Waals surface area (Å²) in [4.78, 5) is 3.87. The standard InChI is InChI=1S/C8H10ClNO/c1-5-3-8(9)10-4-7(5)6(2)11/h3-4,6,11H,1-2H3/t6-/m0/s1. The Labute approximate surface area is 70.8 Å². The van der Waals surface area contributed by atoms with Gasteiger partial charge in [-0.3, -0.25) is 0 Å². The number of nitrogens with zero attached hydrogens (tertiary/aromatic N) is 1. The van der Waals surface area contributed by atoms with E-state index in [2.05, 4.69) is 4.98 Å². The summed E-state index contributed by atoms with van der Waals surface area (Å²) in [6, 6.07) is 1.74. The number of halogens is 1. The zero-order valence-electron chi connectivity index (χ0n) is 6.50. The molecule has 1 N–H and O–H groups in total. The minimum Gasteiger partial charge on any atom is -0.389 e. The number of rotatable bonds is 1. The summed E-state index contributed by atoms with van der Waals surface area (Å²) < 4.78 is 0. The first-order valence-electron chi connectivity index (χ1n) is 3.41. The normalized spacial score (nSPS) is 13.1. The van der Waals surface area contributed by atoms with Gasteiger partial charge in [-0.15, -0.1) is 0 Å². The first-order valence-corrected chi connectivity index (χ1v) is 3.79. The predicted molar refractivity (Wildman–Crippen MR) is 44.6 cm³/mol. The lowest BCUT2D eigenvalue weighted by atomic mass is 10.1. The number of hydrogen-bond acceptors (Lipinski definition) is 2. The maximum atomic E-state index is 9.21. The molecular weight excluding hydrogens is 162 g/mol. The van der Waals surface area contributed by atoms with Crippen molar-refractivity contribution in [3.05, 3.63) is 28.5 Å². The highest BCUT2D eigenvalue weighted by molar-refractivity contribution is 6.29. The summed E-state index contributed by atoms with van der Waals surface area (Å²) in [7, 11) is 0. The second-order valence-electron chi connectivity index (χ2n) is 2.54. The summed E-state index contributed by atoms with van der Waals surface area (Å²) in [5, 5.41) is 9.68. The molecule has 1 aromatic rings. The van der Waals surface area contributed by atoms with Crippen LogP contribution in [0.4, 0.5) is 0 Å². The molecular formula is C8H10ClNO. The van der Waals surface area contributed by atoms with Crippen LogP contribution in [0.3, 0.4) is 0 Å².